The predicted molar refractivity (Wildman–Crippen MR) is 199 cm³/mol. The summed E-state index contributed by atoms with van der Waals surface area (Å²) in [6.07, 6.45) is -19.4. The number of imidazole rings is 2. The number of aliphatic hydroxyl groups excluding tert-OH is 5. The zero-order valence-corrected chi connectivity index (χ0v) is 37.2. The van der Waals surface area contributed by atoms with Crippen LogP contribution in [0.15, 0.2) is 25.3 Å². The van der Waals surface area contributed by atoms with Crippen LogP contribution in [-0.2, 0) is 63.2 Å². The van der Waals surface area contributed by atoms with Crippen molar-refractivity contribution in [1.29, 1.82) is 0 Å². The molecule has 0 spiro atoms. The van der Waals surface area contributed by atoms with E-state index in [1.54, 1.807) is 6.33 Å². The quantitative estimate of drug-likeness (QED) is 0.0308. The first-order valence-corrected chi connectivity index (χ1v) is 25.9. The molecule has 2 saturated heterocycles. The molecule has 4 aromatic heterocycles. The number of fused-ring (bicyclic) bond motifs is 2. The molecule has 0 amide bonds. The standard InChI is InChI=1S/C15H26N4O28P6S.C5H4N4S/c20-4-5(21)13(19-2-18-3-11(19)16-1-17-12(3)54)40-7(4)10(42-50(32,33)46-52(36,37)44-48(26,27)28)15(25)9(23)6(22)8(41-15)14(24)43-51(34,35)47-53(38,39)45-49(29,30)31;10-5-3-4(7-1-6-3)8-2-9-5/h1-2,4-10,13-14,20-25H,(H,32,33)(H,34,35)(H,36,37)(H,38,39)(H,16,17,54)(H2,26,27,28)(H2,29,30,31);1-2H,(H2,6,7,8,9,10)/t4-,5+,6+,7-,8-,9+,10?,13+,14?,15?;/m0./s1. The SMILES string of the molecule is O=P(O)(O)OP(=O)(O)OP(=O)(O)OC(O)[C@H]1OC(O)(C(OP(=O)(O)OP(=O)(O)OP(=O)(O)O)[C@H]2O[C@@H](n3cnc4c(=S)nc[nH]c43)[C@H](O)[C@@H]2O)[C@H](O)[C@@H]1O.S=c1nc[nH]c2nc[nH]c12. The van der Waals surface area contributed by atoms with Gasteiger partial charge in [0.2, 0.25) is 5.79 Å². The summed E-state index contributed by atoms with van der Waals surface area (Å²) in [6.45, 7) is 0. The van der Waals surface area contributed by atoms with Gasteiger partial charge in [-0.05, 0) is 0 Å². The highest BCUT2D eigenvalue weighted by Gasteiger charge is 2.67. The minimum absolute atomic E-state index is 0.0322. The van der Waals surface area contributed by atoms with Gasteiger partial charge >= 0.3 is 46.9 Å². The molecule has 360 valence electrons. The second-order valence-corrected chi connectivity index (χ2v) is 21.9. The lowest BCUT2D eigenvalue weighted by molar-refractivity contribution is -0.307. The van der Waals surface area contributed by atoms with Gasteiger partial charge in [-0.3, -0.25) is 13.6 Å². The summed E-state index contributed by atoms with van der Waals surface area (Å²) in [6, 6.07) is 0. The van der Waals surface area contributed by atoms with Crippen molar-refractivity contribution in [1.82, 2.24) is 39.5 Å². The largest absolute Gasteiger partial charge is 0.490 e. The molecule has 0 aliphatic carbocycles. The molecule has 0 aromatic carbocycles. The molecular weight excluding hydrogens is 1050 g/mol. The van der Waals surface area contributed by atoms with Gasteiger partial charge in [-0.2, -0.15) is 17.2 Å². The van der Waals surface area contributed by atoms with Crippen LogP contribution in [0.5, 0.6) is 0 Å². The highest BCUT2D eigenvalue weighted by Crippen LogP contribution is 2.68. The van der Waals surface area contributed by atoms with E-state index in [0.29, 0.717) is 4.64 Å². The van der Waals surface area contributed by atoms with Gasteiger partial charge in [-0.1, -0.05) is 24.4 Å². The molecule has 36 nitrogen and oxygen atoms in total. The summed E-state index contributed by atoms with van der Waals surface area (Å²) in [7, 11) is -37.2. The van der Waals surface area contributed by atoms with E-state index in [-0.39, 0.29) is 15.8 Å². The van der Waals surface area contributed by atoms with Gasteiger partial charge in [-0.15, -0.1) is 0 Å². The Morgan fingerprint density at radius 1 is 0.672 bits per heavy atom. The molecule has 0 radical (unpaired) electrons. The van der Waals surface area contributed by atoms with E-state index in [9.17, 15) is 77.6 Å². The van der Waals surface area contributed by atoms with Crippen molar-refractivity contribution in [3.8, 4) is 0 Å². The van der Waals surface area contributed by atoms with Crippen LogP contribution in [0.1, 0.15) is 6.23 Å². The number of rotatable bonds is 16. The molecule has 4 aromatic rings. The number of aliphatic hydroxyl groups is 6. The van der Waals surface area contributed by atoms with Gasteiger partial charge in [0.25, 0.3) is 0 Å². The summed E-state index contributed by atoms with van der Waals surface area (Å²) in [5, 5.41) is 65.2. The Bertz CT molecular complexity index is 2760. The summed E-state index contributed by atoms with van der Waals surface area (Å²) >= 11 is 9.93. The fourth-order valence-corrected chi connectivity index (χ4v) is 12.2. The normalized spacial score (nSPS) is 30.1. The number of nitrogens with zero attached hydrogens (tertiary/aromatic N) is 5. The Kier molecular flexibility index (Phi) is 15.9. The predicted octanol–water partition coefficient (Wildman–Crippen LogP) is -2.69. The first kappa shape index (κ1) is 53.0. The van der Waals surface area contributed by atoms with Gasteiger partial charge < -0.3 is 94.2 Å². The van der Waals surface area contributed by atoms with Crippen LogP contribution in [0, 0.1) is 9.28 Å². The molecule has 44 heteroatoms. The van der Waals surface area contributed by atoms with Crippen LogP contribution in [0.25, 0.3) is 22.3 Å². The Balaban J connectivity index is 0.000000669. The van der Waals surface area contributed by atoms with Crippen LogP contribution < -0.4 is 0 Å². The van der Waals surface area contributed by atoms with Crippen molar-refractivity contribution in [3.05, 3.63) is 34.6 Å². The number of hydrogen-bond acceptors (Lipinski definition) is 26. The van der Waals surface area contributed by atoms with Crippen molar-refractivity contribution in [2.75, 3.05) is 0 Å². The average molecular weight is 1080 g/mol. The van der Waals surface area contributed by atoms with Gasteiger partial charge in [0.15, 0.2) is 33.6 Å². The molecule has 6 heterocycles. The fraction of sp³-hybridized carbons (Fsp3) is 0.500. The first-order chi connectivity index (χ1) is 29.1. The summed E-state index contributed by atoms with van der Waals surface area (Å²) in [5.74, 6) is -3.99. The first-order valence-electron chi connectivity index (χ1n) is 16.0. The molecule has 2 aliphatic rings. The topological polar surface area (TPSA) is 563 Å². The zero-order chi connectivity index (χ0) is 48.2. The van der Waals surface area contributed by atoms with Crippen LogP contribution in [0.3, 0.4) is 0 Å². The third-order valence-electron chi connectivity index (χ3n) is 7.88. The summed E-state index contributed by atoms with van der Waals surface area (Å²) in [5.41, 5.74) is 1.44. The maximum atomic E-state index is 12.9. The van der Waals surface area contributed by atoms with E-state index in [1.807, 2.05) is 0 Å². The lowest BCUT2D eigenvalue weighted by Gasteiger charge is -2.38. The maximum Gasteiger partial charge on any atom is 0.490 e. The number of ether oxygens (including phenoxy) is 2. The second-order valence-electron chi connectivity index (χ2n) is 12.3. The van der Waals surface area contributed by atoms with E-state index < -0.39 is 108 Å². The van der Waals surface area contributed by atoms with Crippen molar-refractivity contribution >= 4 is 93.7 Å². The number of nitrogens with one attached hydrogen (secondary N) is 3. The van der Waals surface area contributed by atoms with E-state index >= 15 is 0 Å². The van der Waals surface area contributed by atoms with Crippen LogP contribution >= 0.6 is 71.4 Å². The van der Waals surface area contributed by atoms with Gasteiger partial charge in [-0.25, -0.2) is 47.3 Å². The van der Waals surface area contributed by atoms with E-state index in [0.717, 1.165) is 28.4 Å². The Labute approximate surface area is 360 Å². The van der Waals surface area contributed by atoms with Crippen LogP contribution in [0.2, 0.25) is 0 Å². The zero-order valence-electron chi connectivity index (χ0n) is 30.2. The highest BCUT2D eigenvalue weighted by atomic mass is 32.1. The van der Waals surface area contributed by atoms with Gasteiger partial charge in [0, 0.05) is 0 Å². The minimum Gasteiger partial charge on any atom is -0.387 e. The molecule has 2 fully saturated rings. The van der Waals surface area contributed by atoms with E-state index in [4.69, 9.17) is 53.5 Å². The molecule has 7 unspecified atom stereocenters. The molecule has 17 N–H and O–H groups in total. The number of aromatic nitrogens is 8. The molecule has 2 aliphatic heterocycles. The molecule has 64 heavy (non-hydrogen) atoms. The highest BCUT2D eigenvalue weighted by molar-refractivity contribution is 7.71. The molecule has 6 rings (SSSR count). The Morgan fingerprint density at radius 2 is 1.20 bits per heavy atom. The Hall–Kier alpha value is -1.96. The third kappa shape index (κ3) is 12.8. The number of phosphoric acid groups is 6. The molecule has 0 bridgehead atoms. The fourth-order valence-electron chi connectivity index (χ4n) is 5.57. The van der Waals surface area contributed by atoms with Crippen molar-refractivity contribution in [2.45, 2.75) is 61.0 Å². The molecule has 14 atom stereocenters. The van der Waals surface area contributed by atoms with Gasteiger partial charge in [0.05, 0.1) is 25.3 Å². The Morgan fingerprint density at radius 3 is 1.77 bits per heavy atom. The number of aromatic amines is 3. The van der Waals surface area contributed by atoms with E-state index in [1.165, 1.54) is 6.33 Å². The van der Waals surface area contributed by atoms with E-state index in [2.05, 4.69) is 61.2 Å². The second kappa shape index (κ2) is 19.2. The lowest BCUT2D eigenvalue weighted by atomic mass is 9.93. The lowest BCUT2D eigenvalue weighted by Crippen LogP contribution is -2.60. The average Bonchev–Trinajstić information content (AvgIpc) is 3.88. The smallest absolute Gasteiger partial charge is 0.387 e. The van der Waals surface area contributed by atoms with Gasteiger partial charge in [0.1, 0.15) is 53.3 Å². The number of hydrogen-bond donors (Lipinski definition) is 17. The third-order valence-corrected chi connectivity index (χ3v) is 16.1. The van der Waals surface area contributed by atoms with Crippen LogP contribution in [-0.4, -0.2) is 164 Å². The minimum atomic E-state index is -6.51. The van der Waals surface area contributed by atoms with Crippen molar-refractivity contribution < 1.29 is 133 Å². The molecular formula is C20H30N8O28P6S2. The molecule has 0 saturated carbocycles. The van der Waals surface area contributed by atoms with Crippen molar-refractivity contribution in [3.63, 3.8) is 0 Å². The number of phosphoric ester groups is 2. The summed E-state index contributed by atoms with van der Waals surface area (Å²) < 4.78 is 105. The number of H-pyrrole nitrogens is 3. The van der Waals surface area contributed by atoms with Crippen molar-refractivity contribution in [2.24, 2.45) is 0 Å². The summed E-state index contributed by atoms with van der Waals surface area (Å²) in [4.78, 5) is 97.8. The maximum absolute atomic E-state index is 12.9. The monoisotopic (exact) mass is 1080 g/mol. The van der Waals surface area contributed by atoms with Crippen LogP contribution in [0.4, 0.5) is 0 Å².